The van der Waals surface area contributed by atoms with Gasteiger partial charge in [0.05, 0.1) is 5.69 Å². The lowest BCUT2D eigenvalue weighted by atomic mass is 10.1. The fourth-order valence-corrected chi connectivity index (χ4v) is 4.64. The summed E-state index contributed by atoms with van der Waals surface area (Å²) in [7, 11) is 0. The number of hydrogen-bond donors (Lipinski definition) is 1. The van der Waals surface area contributed by atoms with Crippen LogP contribution in [0.2, 0.25) is 0 Å². The molecular formula is C18H20N2OS. The summed E-state index contributed by atoms with van der Waals surface area (Å²) in [6.45, 7) is 0.701. The molecule has 2 aliphatic rings. The average molecular weight is 312 g/mol. The van der Waals surface area contributed by atoms with Crippen molar-refractivity contribution in [1.29, 1.82) is 0 Å². The third-order valence-corrected chi connectivity index (χ3v) is 5.90. The first-order valence-corrected chi connectivity index (χ1v) is 8.98. The average Bonchev–Trinajstić information content (AvgIpc) is 2.94. The van der Waals surface area contributed by atoms with Gasteiger partial charge in [-0.2, -0.15) is 0 Å². The van der Waals surface area contributed by atoms with E-state index in [4.69, 9.17) is 0 Å². The second-order valence-corrected chi connectivity index (χ2v) is 7.19. The van der Waals surface area contributed by atoms with Crippen LogP contribution in [0.4, 0.5) is 0 Å². The maximum absolute atomic E-state index is 12.1. The van der Waals surface area contributed by atoms with Crippen molar-refractivity contribution >= 4 is 17.2 Å². The number of rotatable bonds is 5. The van der Waals surface area contributed by atoms with Crippen LogP contribution < -0.4 is 5.32 Å². The Morgan fingerprint density at radius 1 is 1.23 bits per heavy atom. The van der Waals surface area contributed by atoms with E-state index in [0.717, 1.165) is 22.7 Å². The summed E-state index contributed by atoms with van der Waals surface area (Å²) in [5.41, 5.74) is 2.23. The molecule has 1 aromatic heterocycles. The van der Waals surface area contributed by atoms with Crippen LogP contribution in [0.1, 0.15) is 25.0 Å². The molecule has 0 spiro atoms. The molecule has 1 heterocycles. The highest BCUT2D eigenvalue weighted by Crippen LogP contribution is 2.57. The maximum atomic E-state index is 12.1. The molecule has 4 heteroatoms. The van der Waals surface area contributed by atoms with Crippen molar-refractivity contribution in [2.75, 3.05) is 6.54 Å². The first-order valence-electron chi connectivity index (χ1n) is 8.10. The Morgan fingerprint density at radius 2 is 2.00 bits per heavy atom. The summed E-state index contributed by atoms with van der Waals surface area (Å²) in [5, 5.41) is 6.25. The zero-order valence-electron chi connectivity index (χ0n) is 12.5. The van der Waals surface area contributed by atoms with Crippen molar-refractivity contribution in [3.05, 3.63) is 41.4 Å². The number of thiazole rings is 1. The van der Waals surface area contributed by atoms with Crippen LogP contribution in [0.15, 0.2) is 35.7 Å². The van der Waals surface area contributed by atoms with Crippen molar-refractivity contribution in [1.82, 2.24) is 10.3 Å². The van der Waals surface area contributed by atoms with Crippen LogP contribution in [0, 0.1) is 17.8 Å². The molecule has 0 aliphatic heterocycles. The molecule has 0 bridgehead atoms. The lowest BCUT2D eigenvalue weighted by Crippen LogP contribution is -2.28. The Bertz CT molecular complexity index is 657. The van der Waals surface area contributed by atoms with E-state index in [1.54, 1.807) is 11.3 Å². The quantitative estimate of drug-likeness (QED) is 0.918. The molecule has 1 amide bonds. The number of carbonyl (C=O) groups is 1. The molecule has 2 aromatic rings. The molecule has 22 heavy (non-hydrogen) atoms. The van der Waals surface area contributed by atoms with E-state index in [-0.39, 0.29) is 5.91 Å². The van der Waals surface area contributed by atoms with Crippen molar-refractivity contribution in [3.8, 4) is 10.6 Å². The summed E-state index contributed by atoms with van der Waals surface area (Å²) < 4.78 is 0. The molecule has 4 rings (SSSR count). The highest BCUT2D eigenvalue weighted by molar-refractivity contribution is 7.13. The largest absolute Gasteiger partial charge is 0.355 e. The summed E-state index contributed by atoms with van der Waals surface area (Å²) in [5.74, 6) is 1.99. The zero-order chi connectivity index (χ0) is 14.9. The van der Waals surface area contributed by atoms with E-state index in [1.807, 2.05) is 18.2 Å². The van der Waals surface area contributed by atoms with Crippen LogP contribution in [-0.4, -0.2) is 17.4 Å². The molecule has 2 saturated carbocycles. The number of amides is 1. The summed E-state index contributed by atoms with van der Waals surface area (Å²) in [6, 6.07) is 10.2. The molecule has 2 atom stereocenters. The van der Waals surface area contributed by atoms with Gasteiger partial charge in [0, 0.05) is 29.8 Å². The molecule has 1 N–H and O–H groups in total. The second kappa shape index (κ2) is 5.84. The Morgan fingerprint density at radius 3 is 2.77 bits per heavy atom. The highest BCUT2D eigenvalue weighted by atomic mass is 32.1. The molecule has 2 fully saturated rings. The van der Waals surface area contributed by atoms with E-state index in [9.17, 15) is 4.79 Å². The number of nitrogens with zero attached hydrogens (tertiary/aromatic N) is 1. The van der Waals surface area contributed by atoms with Gasteiger partial charge in [-0.05, 0) is 24.7 Å². The third-order valence-electron chi connectivity index (χ3n) is 4.96. The summed E-state index contributed by atoms with van der Waals surface area (Å²) in [6.07, 6.45) is 4.65. The van der Waals surface area contributed by atoms with Gasteiger partial charge in [0.25, 0.3) is 0 Å². The topological polar surface area (TPSA) is 42.0 Å². The molecule has 0 saturated heterocycles. The Kier molecular flexibility index (Phi) is 3.70. The Hall–Kier alpha value is -1.68. The summed E-state index contributed by atoms with van der Waals surface area (Å²) in [4.78, 5) is 16.8. The molecule has 0 unspecified atom stereocenters. The second-order valence-electron chi connectivity index (χ2n) is 6.34. The molecule has 0 radical (unpaired) electrons. The van der Waals surface area contributed by atoms with Gasteiger partial charge < -0.3 is 5.32 Å². The highest BCUT2D eigenvalue weighted by Gasteiger charge is 2.56. The minimum absolute atomic E-state index is 0.271. The van der Waals surface area contributed by atoms with Crippen LogP contribution in [0.25, 0.3) is 10.6 Å². The zero-order valence-corrected chi connectivity index (χ0v) is 13.3. The van der Waals surface area contributed by atoms with Gasteiger partial charge >= 0.3 is 0 Å². The van der Waals surface area contributed by atoms with Gasteiger partial charge in [0.1, 0.15) is 5.01 Å². The SMILES string of the molecule is O=C(NCCc1csc(-c2ccccc2)n1)C1[C@@H]2CCC[C@@H]12. The lowest BCUT2D eigenvalue weighted by molar-refractivity contribution is -0.123. The van der Waals surface area contributed by atoms with E-state index >= 15 is 0 Å². The number of fused-ring (bicyclic) bond motifs is 1. The minimum atomic E-state index is 0.271. The third kappa shape index (κ3) is 2.68. The monoisotopic (exact) mass is 312 g/mol. The van der Waals surface area contributed by atoms with Crippen LogP contribution >= 0.6 is 11.3 Å². The van der Waals surface area contributed by atoms with Crippen molar-refractivity contribution in [2.24, 2.45) is 17.8 Å². The first kappa shape index (κ1) is 13.9. The molecule has 3 nitrogen and oxygen atoms in total. The van der Waals surface area contributed by atoms with Gasteiger partial charge in [-0.15, -0.1) is 11.3 Å². The molecule has 2 aliphatic carbocycles. The Labute approximate surface area is 134 Å². The molecular weight excluding hydrogens is 292 g/mol. The van der Waals surface area contributed by atoms with E-state index in [1.165, 1.54) is 19.3 Å². The predicted molar refractivity (Wildman–Crippen MR) is 88.6 cm³/mol. The first-order chi connectivity index (χ1) is 10.8. The fourth-order valence-electron chi connectivity index (χ4n) is 3.78. The fraction of sp³-hybridized carbons (Fsp3) is 0.444. The van der Waals surface area contributed by atoms with E-state index < -0.39 is 0 Å². The smallest absolute Gasteiger partial charge is 0.223 e. The van der Waals surface area contributed by atoms with Gasteiger partial charge in [-0.3, -0.25) is 4.79 Å². The van der Waals surface area contributed by atoms with Gasteiger partial charge in [0.15, 0.2) is 0 Å². The minimum Gasteiger partial charge on any atom is -0.355 e. The number of nitrogens with one attached hydrogen (secondary N) is 1. The van der Waals surface area contributed by atoms with Gasteiger partial charge in [-0.1, -0.05) is 36.8 Å². The van der Waals surface area contributed by atoms with Gasteiger partial charge in [0.2, 0.25) is 5.91 Å². The molecule has 1 aromatic carbocycles. The number of carbonyl (C=O) groups excluding carboxylic acids is 1. The Balaban J connectivity index is 1.28. The van der Waals surface area contributed by atoms with E-state index in [0.29, 0.717) is 24.3 Å². The lowest BCUT2D eigenvalue weighted by Gasteiger charge is -2.05. The molecule has 114 valence electrons. The van der Waals surface area contributed by atoms with Crippen LogP contribution in [0.3, 0.4) is 0 Å². The number of benzene rings is 1. The van der Waals surface area contributed by atoms with Crippen molar-refractivity contribution in [3.63, 3.8) is 0 Å². The predicted octanol–water partition coefficient (Wildman–Crippen LogP) is 3.51. The maximum Gasteiger partial charge on any atom is 0.223 e. The van der Waals surface area contributed by atoms with Gasteiger partial charge in [-0.25, -0.2) is 4.98 Å². The normalized spacial score (nSPS) is 25.7. The van der Waals surface area contributed by atoms with Crippen molar-refractivity contribution in [2.45, 2.75) is 25.7 Å². The number of aromatic nitrogens is 1. The van der Waals surface area contributed by atoms with Crippen LogP contribution in [0.5, 0.6) is 0 Å². The van der Waals surface area contributed by atoms with Crippen LogP contribution in [-0.2, 0) is 11.2 Å². The summed E-state index contributed by atoms with van der Waals surface area (Å²) >= 11 is 1.67. The standard InChI is InChI=1S/C18H20N2OS/c21-17(16-14-7-4-8-15(14)16)19-10-9-13-11-22-18(20-13)12-5-2-1-3-6-12/h1-3,5-6,11,14-16H,4,7-10H2,(H,19,21)/t14-,15-/m1/s1. The number of hydrogen-bond acceptors (Lipinski definition) is 3. The van der Waals surface area contributed by atoms with Crippen molar-refractivity contribution < 1.29 is 4.79 Å². The van der Waals surface area contributed by atoms with E-state index in [2.05, 4.69) is 27.8 Å².